The zero-order valence-corrected chi connectivity index (χ0v) is 15.6. The van der Waals surface area contributed by atoms with Crippen molar-refractivity contribution in [2.75, 3.05) is 24.6 Å². The molecule has 8 heteroatoms. The van der Waals surface area contributed by atoms with Crippen molar-refractivity contribution < 1.29 is 19.2 Å². The number of rotatable bonds is 6. The average Bonchev–Trinajstić information content (AvgIpc) is 3.42. The van der Waals surface area contributed by atoms with Gasteiger partial charge in [-0.3, -0.25) is 14.9 Å². The van der Waals surface area contributed by atoms with Gasteiger partial charge in [0.2, 0.25) is 0 Å². The van der Waals surface area contributed by atoms with Gasteiger partial charge >= 0.3 is 5.97 Å². The van der Waals surface area contributed by atoms with E-state index in [1.165, 1.54) is 12.1 Å². The van der Waals surface area contributed by atoms with Crippen LogP contribution in [0.15, 0.2) is 18.2 Å². The van der Waals surface area contributed by atoms with E-state index in [0.717, 1.165) is 32.4 Å². The number of carbonyl (C=O) groups is 2. The lowest BCUT2D eigenvalue weighted by Gasteiger charge is -2.36. The summed E-state index contributed by atoms with van der Waals surface area (Å²) in [5, 5.41) is 14.3. The van der Waals surface area contributed by atoms with Crippen LogP contribution in [0, 0.1) is 22.0 Å². The Morgan fingerprint density at radius 2 is 1.93 bits per heavy atom. The smallest absolute Gasteiger partial charge is 0.338 e. The Morgan fingerprint density at radius 1 is 1.26 bits per heavy atom. The number of ether oxygens (including phenoxy) is 1. The molecule has 2 fully saturated rings. The number of nitrogens with zero attached hydrogens (tertiary/aromatic N) is 2. The number of nitro benzene ring substituents is 1. The minimum absolute atomic E-state index is 0.0720. The Labute approximate surface area is 158 Å². The van der Waals surface area contributed by atoms with E-state index in [2.05, 4.69) is 19.2 Å². The molecule has 1 amide bonds. The molecule has 0 radical (unpaired) electrons. The molecule has 8 nitrogen and oxygen atoms in total. The molecule has 1 saturated heterocycles. The zero-order chi connectivity index (χ0) is 19.6. The first-order chi connectivity index (χ1) is 12.8. The summed E-state index contributed by atoms with van der Waals surface area (Å²) >= 11 is 0. The molecule has 1 aromatic carbocycles. The van der Waals surface area contributed by atoms with Crippen LogP contribution in [-0.2, 0) is 9.53 Å². The van der Waals surface area contributed by atoms with Crippen LogP contribution in [0.2, 0.25) is 0 Å². The lowest BCUT2D eigenvalue weighted by atomic mass is 9.91. The topological polar surface area (TPSA) is 102 Å². The number of hydrogen-bond donors (Lipinski definition) is 1. The van der Waals surface area contributed by atoms with Crippen LogP contribution >= 0.6 is 0 Å². The molecule has 0 aromatic heterocycles. The van der Waals surface area contributed by atoms with Gasteiger partial charge in [-0.25, -0.2) is 4.79 Å². The first-order valence-electron chi connectivity index (χ1n) is 9.33. The number of nitro groups is 1. The van der Waals surface area contributed by atoms with E-state index in [9.17, 15) is 19.7 Å². The predicted molar refractivity (Wildman–Crippen MR) is 99.7 cm³/mol. The second kappa shape index (κ2) is 7.94. The summed E-state index contributed by atoms with van der Waals surface area (Å²) in [4.78, 5) is 36.9. The highest BCUT2D eigenvalue weighted by molar-refractivity contribution is 5.93. The molecule has 0 unspecified atom stereocenters. The first kappa shape index (κ1) is 19.1. The van der Waals surface area contributed by atoms with Gasteiger partial charge in [0.15, 0.2) is 6.61 Å². The summed E-state index contributed by atoms with van der Waals surface area (Å²) in [5.74, 6) is -0.199. The van der Waals surface area contributed by atoms with Gasteiger partial charge in [-0.1, -0.05) is 13.8 Å². The lowest BCUT2D eigenvalue weighted by molar-refractivity contribution is -0.384. The Hall–Kier alpha value is -2.64. The number of piperidine rings is 1. The molecule has 2 atom stereocenters. The Bertz CT molecular complexity index is 737. The summed E-state index contributed by atoms with van der Waals surface area (Å²) in [6.07, 6.45) is 2.99. The monoisotopic (exact) mass is 375 g/mol. The van der Waals surface area contributed by atoms with Gasteiger partial charge in [0, 0.05) is 25.2 Å². The molecular weight excluding hydrogens is 350 g/mol. The van der Waals surface area contributed by atoms with Crippen LogP contribution in [0.5, 0.6) is 0 Å². The number of nitrogens with one attached hydrogen (secondary N) is 1. The normalized spacial score (nSPS) is 22.2. The largest absolute Gasteiger partial charge is 0.452 e. The van der Waals surface area contributed by atoms with Crippen molar-refractivity contribution in [2.24, 2.45) is 11.8 Å². The van der Waals surface area contributed by atoms with Crippen LogP contribution in [0.1, 0.15) is 43.5 Å². The maximum atomic E-state index is 12.2. The van der Waals surface area contributed by atoms with E-state index >= 15 is 0 Å². The first-order valence-corrected chi connectivity index (χ1v) is 9.33. The maximum absolute atomic E-state index is 12.2. The summed E-state index contributed by atoms with van der Waals surface area (Å²) in [6, 6.07) is 4.54. The summed E-state index contributed by atoms with van der Waals surface area (Å²) < 4.78 is 4.99. The van der Waals surface area contributed by atoms with Crippen molar-refractivity contribution in [3.8, 4) is 0 Å². The lowest BCUT2D eigenvalue weighted by Crippen LogP contribution is -2.39. The van der Waals surface area contributed by atoms with Crippen LogP contribution in [0.4, 0.5) is 11.4 Å². The highest BCUT2D eigenvalue weighted by Gasteiger charge is 2.28. The van der Waals surface area contributed by atoms with Crippen LogP contribution in [0.3, 0.4) is 0 Å². The van der Waals surface area contributed by atoms with Gasteiger partial charge in [-0.15, -0.1) is 0 Å². The number of esters is 1. The number of benzene rings is 1. The van der Waals surface area contributed by atoms with Crippen LogP contribution in [-0.4, -0.2) is 42.5 Å². The molecule has 27 heavy (non-hydrogen) atoms. The molecule has 1 N–H and O–H groups in total. The second-order valence-corrected chi connectivity index (χ2v) is 7.73. The molecule has 1 aliphatic carbocycles. The third-order valence-corrected chi connectivity index (χ3v) is 4.89. The average molecular weight is 375 g/mol. The predicted octanol–water partition coefficient (Wildman–Crippen LogP) is 2.51. The fraction of sp³-hybridized carbons (Fsp3) is 0.579. The van der Waals surface area contributed by atoms with E-state index in [-0.39, 0.29) is 29.8 Å². The van der Waals surface area contributed by atoms with E-state index in [4.69, 9.17) is 4.74 Å². The maximum Gasteiger partial charge on any atom is 0.338 e. The highest BCUT2D eigenvalue weighted by atomic mass is 16.6. The second-order valence-electron chi connectivity index (χ2n) is 7.73. The number of hydrogen-bond acceptors (Lipinski definition) is 6. The van der Waals surface area contributed by atoms with E-state index in [0.29, 0.717) is 17.5 Å². The molecule has 0 bridgehead atoms. The fourth-order valence-corrected chi connectivity index (χ4v) is 3.64. The molecule has 1 saturated carbocycles. The molecule has 3 rings (SSSR count). The molecule has 1 aliphatic heterocycles. The minimum Gasteiger partial charge on any atom is -0.452 e. The highest BCUT2D eigenvalue weighted by Crippen LogP contribution is 2.34. The van der Waals surface area contributed by atoms with Gasteiger partial charge in [0.25, 0.3) is 11.6 Å². The van der Waals surface area contributed by atoms with Gasteiger partial charge in [-0.2, -0.15) is 0 Å². The van der Waals surface area contributed by atoms with Gasteiger partial charge < -0.3 is 15.0 Å². The summed E-state index contributed by atoms with van der Waals surface area (Å²) in [7, 11) is 0. The number of anilines is 1. The SMILES string of the molecule is C[C@@H]1C[C@H](C)CN(c2ccc(C(=O)OCC(=O)NC3CC3)cc2[N+](=O)[O-])C1. The molecule has 2 aliphatic rings. The molecule has 1 heterocycles. The third-order valence-electron chi connectivity index (χ3n) is 4.89. The minimum atomic E-state index is -0.740. The van der Waals surface area contributed by atoms with E-state index < -0.39 is 10.9 Å². The Balaban J connectivity index is 1.71. The number of amides is 1. The molecule has 1 aromatic rings. The van der Waals surface area contributed by atoms with Crippen molar-refractivity contribution in [1.82, 2.24) is 5.32 Å². The van der Waals surface area contributed by atoms with Crippen molar-refractivity contribution >= 4 is 23.3 Å². The Kier molecular flexibility index (Phi) is 5.62. The van der Waals surface area contributed by atoms with Crippen molar-refractivity contribution in [2.45, 2.75) is 39.2 Å². The summed E-state index contributed by atoms with van der Waals surface area (Å²) in [5.41, 5.74) is 0.470. The van der Waals surface area contributed by atoms with Gasteiger partial charge in [0.1, 0.15) is 5.69 Å². The van der Waals surface area contributed by atoms with E-state index in [1.54, 1.807) is 6.07 Å². The summed E-state index contributed by atoms with van der Waals surface area (Å²) in [6.45, 7) is 5.37. The van der Waals surface area contributed by atoms with Crippen molar-refractivity contribution in [3.05, 3.63) is 33.9 Å². The number of carbonyl (C=O) groups excluding carboxylic acids is 2. The molecule has 0 spiro atoms. The molecular formula is C19H25N3O5. The van der Waals surface area contributed by atoms with Crippen LogP contribution in [0.25, 0.3) is 0 Å². The van der Waals surface area contributed by atoms with E-state index in [1.807, 2.05) is 4.90 Å². The van der Waals surface area contributed by atoms with Crippen molar-refractivity contribution in [1.29, 1.82) is 0 Å². The fourth-order valence-electron chi connectivity index (χ4n) is 3.64. The molecule has 146 valence electrons. The Morgan fingerprint density at radius 3 is 2.52 bits per heavy atom. The zero-order valence-electron chi connectivity index (χ0n) is 15.6. The quantitative estimate of drug-likeness (QED) is 0.466. The standard InChI is InChI=1S/C19H25N3O5/c1-12-7-13(2)10-21(9-12)16-6-3-14(8-17(16)22(25)26)19(24)27-11-18(23)20-15-4-5-15/h3,6,8,12-13,15H,4-5,7,9-11H2,1-2H3,(H,20,23)/t12-,13+. The van der Waals surface area contributed by atoms with Crippen LogP contribution < -0.4 is 10.2 Å². The van der Waals surface area contributed by atoms with Gasteiger partial charge in [-0.05, 0) is 43.2 Å². The third kappa shape index (κ3) is 4.96. The van der Waals surface area contributed by atoms with Gasteiger partial charge in [0.05, 0.1) is 10.5 Å². The van der Waals surface area contributed by atoms with Crippen molar-refractivity contribution in [3.63, 3.8) is 0 Å².